The summed E-state index contributed by atoms with van der Waals surface area (Å²) in [5.74, 6) is 0.0370. The summed E-state index contributed by atoms with van der Waals surface area (Å²) in [5.41, 5.74) is 4.99. The first kappa shape index (κ1) is 21.5. The van der Waals surface area contributed by atoms with Crippen LogP contribution < -0.4 is 14.7 Å². The van der Waals surface area contributed by atoms with Gasteiger partial charge in [0, 0.05) is 0 Å². The SMILES string of the molecule is CC(=O)N1Cn2c(c(CC(=O)NCC[Se]c3ccccc3)c3ccccc32)-c2ccccc21. The van der Waals surface area contributed by atoms with E-state index in [-0.39, 0.29) is 11.8 Å². The van der Waals surface area contributed by atoms with Gasteiger partial charge < -0.3 is 0 Å². The van der Waals surface area contributed by atoms with Gasteiger partial charge in [0.25, 0.3) is 0 Å². The second kappa shape index (κ2) is 9.26. The fraction of sp³-hybridized carbons (Fsp3) is 0.185. The van der Waals surface area contributed by atoms with Crippen LogP contribution >= 0.6 is 0 Å². The molecule has 4 aromatic rings. The quantitative estimate of drug-likeness (QED) is 0.323. The summed E-state index contributed by atoms with van der Waals surface area (Å²) in [4.78, 5) is 27.1. The molecule has 0 fully saturated rings. The molecule has 0 atom stereocenters. The van der Waals surface area contributed by atoms with Crippen molar-refractivity contribution in [2.24, 2.45) is 0 Å². The van der Waals surface area contributed by atoms with Crippen molar-refractivity contribution in [2.45, 2.75) is 25.3 Å². The van der Waals surface area contributed by atoms with Gasteiger partial charge in [-0.3, -0.25) is 0 Å². The number of nitrogens with zero attached hydrogens (tertiary/aromatic N) is 2. The van der Waals surface area contributed by atoms with Crippen LogP contribution in [-0.4, -0.2) is 37.9 Å². The number of hydrogen-bond donors (Lipinski definition) is 1. The van der Waals surface area contributed by atoms with Gasteiger partial charge in [0.1, 0.15) is 0 Å². The van der Waals surface area contributed by atoms with Crippen LogP contribution in [0.15, 0.2) is 78.9 Å². The normalized spacial score (nSPS) is 12.3. The molecule has 6 heteroatoms. The van der Waals surface area contributed by atoms with Gasteiger partial charge in [-0.25, -0.2) is 0 Å². The van der Waals surface area contributed by atoms with E-state index in [9.17, 15) is 9.59 Å². The van der Waals surface area contributed by atoms with E-state index >= 15 is 0 Å². The van der Waals surface area contributed by atoms with Crippen LogP contribution in [0, 0.1) is 0 Å². The Balaban J connectivity index is 1.42. The zero-order valence-corrected chi connectivity index (χ0v) is 20.2. The average molecular weight is 502 g/mol. The van der Waals surface area contributed by atoms with E-state index < -0.39 is 0 Å². The van der Waals surface area contributed by atoms with Crippen molar-refractivity contribution in [3.05, 3.63) is 84.4 Å². The van der Waals surface area contributed by atoms with Crippen molar-refractivity contribution in [1.82, 2.24) is 9.88 Å². The third kappa shape index (κ3) is 4.20. The first-order valence-electron chi connectivity index (χ1n) is 11.1. The van der Waals surface area contributed by atoms with Crippen LogP contribution in [0.3, 0.4) is 0 Å². The summed E-state index contributed by atoms with van der Waals surface area (Å²) < 4.78 is 3.51. The Morgan fingerprint density at radius 1 is 0.939 bits per heavy atom. The Labute approximate surface area is 199 Å². The van der Waals surface area contributed by atoms with Gasteiger partial charge in [0.15, 0.2) is 0 Å². The number of nitrogens with one attached hydrogen (secondary N) is 1. The van der Waals surface area contributed by atoms with Crippen LogP contribution in [0.2, 0.25) is 5.32 Å². The van der Waals surface area contributed by atoms with Gasteiger partial charge >= 0.3 is 200 Å². The zero-order valence-electron chi connectivity index (χ0n) is 18.5. The van der Waals surface area contributed by atoms with Gasteiger partial charge in [0.2, 0.25) is 0 Å². The molecule has 0 bridgehead atoms. The van der Waals surface area contributed by atoms with E-state index in [0.29, 0.717) is 34.6 Å². The van der Waals surface area contributed by atoms with Gasteiger partial charge in [-0.15, -0.1) is 0 Å². The number of para-hydroxylation sites is 2. The number of carbonyl (C=O) groups is 2. The molecule has 0 radical (unpaired) electrons. The number of hydrogen-bond acceptors (Lipinski definition) is 2. The average Bonchev–Trinajstić information content (AvgIpc) is 3.15. The molecule has 33 heavy (non-hydrogen) atoms. The first-order valence-corrected chi connectivity index (χ1v) is 13.1. The van der Waals surface area contributed by atoms with Gasteiger partial charge in [-0.05, 0) is 0 Å². The molecule has 3 aromatic carbocycles. The molecule has 0 spiro atoms. The Morgan fingerprint density at radius 3 is 2.48 bits per heavy atom. The molecule has 1 aliphatic rings. The molecule has 2 amide bonds. The minimum atomic E-state index is 0.00506. The fourth-order valence-electron chi connectivity index (χ4n) is 4.50. The number of benzene rings is 3. The van der Waals surface area contributed by atoms with Crippen molar-refractivity contribution in [1.29, 1.82) is 0 Å². The van der Waals surface area contributed by atoms with E-state index in [0.717, 1.165) is 38.7 Å². The number of anilines is 1. The molecular formula is C27H25N3O2Se. The van der Waals surface area contributed by atoms with Crippen molar-refractivity contribution in [2.75, 3.05) is 11.4 Å². The van der Waals surface area contributed by atoms with Crippen molar-refractivity contribution >= 4 is 47.8 Å². The zero-order chi connectivity index (χ0) is 22.8. The van der Waals surface area contributed by atoms with Crippen LogP contribution in [0.5, 0.6) is 0 Å². The Hall–Kier alpha value is -3.34. The van der Waals surface area contributed by atoms with Crippen LogP contribution in [-0.2, 0) is 22.7 Å². The molecule has 2 heterocycles. The molecule has 5 rings (SSSR count). The summed E-state index contributed by atoms with van der Waals surface area (Å²) in [7, 11) is 0. The van der Waals surface area contributed by atoms with Crippen molar-refractivity contribution in [3.63, 3.8) is 0 Å². The van der Waals surface area contributed by atoms with Crippen LogP contribution in [0.25, 0.3) is 22.2 Å². The first-order chi connectivity index (χ1) is 16.1. The second-order valence-corrected chi connectivity index (χ2v) is 10.5. The number of carbonyl (C=O) groups excluding carboxylic acids is 2. The molecule has 1 aliphatic heterocycles. The topological polar surface area (TPSA) is 54.3 Å². The molecule has 0 saturated carbocycles. The number of aromatic nitrogens is 1. The molecule has 0 saturated heterocycles. The van der Waals surface area contributed by atoms with Crippen molar-refractivity contribution in [3.8, 4) is 11.3 Å². The summed E-state index contributed by atoms with van der Waals surface area (Å²) in [6.45, 7) is 2.72. The molecule has 1 N–H and O–H groups in total. The van der Waals surface area contributed by atoms with Gasteiger partial charge in [-0.2, -0.15) is 0 Å². The van der Waals surface area contributed by atoms with Crippen LogP contribution in [0.4, 0.5) is 5.69 Å². The standard InChI is InChI=1S/C27H25N3O2Se/c1-19(31)29-18-30-24-13-7-5-11-21(24)23(27(30)22-12-6-8-14-25(22)29)17-26(32)28-15-16-33-20-9-3-2-4-10-20/h2-14H,15-18H2,1H3,(H,28,32). The third-order valence-corrected chi connectivity index (χ3v) is 8.09. The number of fused-ring (bicyclic) bond motifs is 5. The predicted octanol–water partition coefficient (Wildman–Crippen LogP) is 3.74. The van der Waals surface area contributed by atoms with Gasteiger partial charge in [-0.1, -0.05) is 0 Å². The predicted molar refractivity (Wildman–Crippen MR) is 134 cm³/mol. The van der Waals surface area contributed by atoms with Crippen LogP contribution in [0.1, 0.15) is 12.5 Å². The molecule has 1 aromatic heterocycles. The summed E-state index contributed by atoms with van der Waals surface area (Å²) >= 11 is 0.353. The maximum atomic E-state index is 13.0. The molecular weight excluding hydrogens is 477 g/mol. The van der Waals surface area contributed by atoms with E-state index in [1.807, 2.05) is 42.5 Å². The Morgan fingerprint density at radius 2 is 1.67 bits per heavy atom. The van der Waals surface area contributed by atoms with E-state index in [1.165, 1.54) is 4.46 Å². The Bertz CT molecular complexity index is 1330. The van der Waals surface area contributed by atoms with Gasteiger partial charge in [0.05, 0.1) is 0 Å². The Kier molecular flexibility index (Phi) is 6.03. The van der Waals surface area contributed by atoms with E-state index in [2.05, 4.69) is 46.3 Å². The number of rotatable bonds is 6. The van der Waals surface area contributed by atoms with E-state index in [1.54, 1.807) is 11.8 Å². The summed E-state index contributed by atoms with van der Waals surface area (Å²) in [6.07, 6.45) is 0.315. The fourth-order valence-corrected chi connectivity index (χ4v) is 6.16. The van der Waals surface area contributed by atoms with Crippen molar-refractivity contribution < 1.29 is 9.59 Å². The summed E-state index contributed by atoms with van der Waals surface area (Å²) in [5, 5.41) is 5.15. The molecule has 0 aliphatic carbocycles. The summed E-state index contributed by atoms with van der Waals surface area (Å²) in [6, 6.07) is 26.5. The second-order valence-electron chi connectivity index (χ2n) is 8.07. The molecule has 0 unspecified atom stereocenters. The molecule has 166 valence electrons. The maximum absolute atomic E-state index is 13.0. The monoisotopic (exact) mass is 503 g/mol. The third-order valence-electron chi connectivity index (χ3n) is 5.96. The molecule has 5 nitrogen and oxygen atoms in total. The minimum absolute atomic E-state index is 0.00506. The number of amides is 2. The van der Waals surface area contributed by atoms with E-state index in [4.69, 9.17) is 0 Å².